The van der Waals surface area contributed by atoms with Crippen LogP contribution in [0.3, 0.4) is 0 Å². The molecule has 1 N–H and O–H groups in total. The van der Waals surface area contributed by atoms with Crippen LogP contribution in [0.2, 0.25) is 0 Å². The molecule has 0 saturated heterocycles. The largest absolute Gasteiger partial charge is 0.368 e. The van der Waals surface area contributed by atoms with Crippen molar-refractivity contribution in [2.24, 2.45) is 0 Å². The summed E-state index contributed by atoms with van der Waals surface area (Å²) in [6.45, 7) is 5.16. The first-order valence-electron chi connectivity index (χ1n) is 9.11. The van der Waals surface area contributed by atoms with Crippen molar-refractivity contribution >= 4 is 0 Å². The Kier molecular flexibility index (Phi) is 16.9. The fraction of sp³-hybridized carbons (Fsp3) is 1.00. The van der Waals surface area contributed by atoms with Gasteiger partial charge in [-0.1, -0.05) is 84.5 Å². The predicted octanol–water partition coefficient (Wildman–Crippen LogP) is 5.82. The van der Waals surface area contributed by atoms with Gasteiger partial charge >= 0.3 is 0 Å². The average molecular weight is 286 g/mol. The van der Waals surface area contributed by atoms with Crippen molar-refractivity contribution in [1.82, 2.24) is 0 Å². The summed E-state index contributed by atoms with van der Waals surface area (Å²) in [6.07, 6.45) is 17.1. The lowest BCUT2D eigenvalue weighted by molar-refractivity contribution is -0.105. The van der Waals surface area contributed by atoms with Crippen molar-refractivity contribution < 1.29 is 9.84 Å². The van der Waals surface area contributed by atoms with Gasteiger partial charge in [0.25, 0.3) is 0 Å². The molecule has 0 aromatic rings. The second kappa shape index (κ2) is 17.0. The van der Waals surface area contributed by atoms with Crippen LogP contribution in [0.15, 0.2) is 0 Å². The van der Waals surface area contributed by atoms with Gasteiger partial charge in [-0.05, 0) is 19.3 Å². The molecule has 0 fully saturated rings. The Morgan fingerprint density at radius 2 is 1.10 bits per heavy atom. The number of rotatable bonds is 16. The van der Waals surface area contributed by atoms with Crippen LogP contribution in [0.1, 0.15) is 104 Å². The van der Waals surface area contributed by atoms with Gasteiger partial charge in [0.15, 0.2) is 6.29 Å². The van der Waals surface area contributed by atoms with Gasteiger partial charge in [0.05, 0.1) is 0 Å². The third kappa shape index (κ3) is 16.0. The molecule has 0 heterocycles. The first-order valence-corrected chi connectivity index (χ1v) is 9.11. The van der Waals surface area contributed by atoms with E-state index in [0.717, 1.165) is 19.3 Å². The number of ether oxygens (including phenoxy) is 1. The molecule has 0 aliphatic heterocycles. The van der Waals surface area contributed by atoms with E-state index >= 15 is 0 Å². The van der Waals surface area contributed by atoms with E-state index in [1.165, 1.54) is 70.6 Å². The molecule has 1 unspecified atom stereocenters. The van der Waals surface area contributed by atoms with Crippen molar-refractivity contribution in [2.75, 3.05) is 6.61 Å². The minimum absolute atomic E-state index is 0.527. The quantitative estimate of drug-likeness (QED) is 0.286. The highest BCUT2D eigenvalue weighted by atomic mass is 16.6. The molecule has 0 saturated carbocycles. The van der Waals surface area contributed by atoms with Crippen LogP contribution in [-0.4, -0.2) is 18.0 Å². The molecule has 1 atom stereocenters. The van der Waals surface area contributed by atoms with Crippen molar-refractivity contribution in [3.05, 3.63) is 0 Å². The average Bonchev–Trinajstić information content (AvgIpc) is 2.45. The summed E-state index contributed by atoms with van der Waals surface area (Å²) >= 11 is 0. The minimum Gasteiger partial charge on any atom is -0.368 e. The Labute approximate surface area is 127 Å². The Bertz CT molecular complexity index is 171. The maximum absolute atomic E-state index is 9.65. The summed E-state index contributed by atoms with van der Waals surface area (Å²) in [4.78, 5) is 0. The van der Waals surface area contributed by atoms with Crippen LogP contribution in [0.5, 0.6) is 0 Å². The second-order valence-electron chi connectivity index (χ2n) is 6.00. The van der Waals surface area contributed by atoms with E-state index in [9.17, 15) is 5.11 Å². The molecule has 0 bridgehead atoms. The normalized spacial score (nSPS) is 12.8. The summed E-state index contributed by atoms with van der Waals surface area (Å²) in [5, 5.41) is 9.65. The van der Waals surface area contributed by atoms with Crippen molar-refractivity contribution in [3.63, 3.8) is 0 Å². The molecule has 0 aliphatic rings. The highest BCUT2D eigenvalue weighted by molar-refractivity contribution is 4.49. The predicted molar refractivity (Wildman–Crippen MR) is 87.9 cm³/mol. The molecule has 0 aromatic heterocycles. The van der Waals surface area contributed by atoms with Gasteiger partial charge in [-0.25, -0.2) is 0 Å². The lowest BCUT2D eigenvalue weighted by Gasteiger charge is -2.11. The van der Waals surface area contributed by atoms with Gasteiger partial charge in [0, 0.05) is 6.61 Å². The minimum atomic E-state index is -0.527. The Morgan fingerprint density at radius 1 is 0.650 bits per heavy atom. The van der Waals surface area contributed by atoms with E-state index in [1.54, 1.807) is 0 Å². The van der Waals surface area contributed by atoms with E-state index in [-0.39, 0.29) is 0 Å². The zero-order chi connectivity index (χ0) is 14.9. The molecule has 0 radical (unpaired) electrons. The Morgan fingerprint density at radius 3 is 1.65 bits per heavy atom. The second-order valence-corrected chi connectivity index (χ2v) is 6.00. The first kappa shape index (κ1) is 19.9. The van der Waals surface area contributed by atoms with Gasteiger partial charge in [-0.3, -0.25) is 0 Å². The fourth-order valence-corrected chi connectivity index (χ4v) is 2.46. The summed E-state index contributed by atoms with van der Waals surface area (Å²) in [7, 11) is 0. The molecular weight excluding hydrogens is 248 g/mol. The third-order valence-corrected chi connectivity index (χ3v) is 3.86. The molecule has 20 heavy (non-hydrogen) atoms. The van der Waals surface area contributed by atoms with Gasteiger partial charge < -0.3 is 9.84 Å². The summed E-state index contributed by atoms with van der Waals surface area (Å²) in [5.41, 5.74) is 0. The highest BCUT2D eigenvalue weighted by Gasteiger charge is 2.03. The summed E-state index contributed by atoms with van der Waals surface area (Å²) in [5.74, 6) is 0. The molecule has 2 nitrogen and oxygen atoms in total. The van der Waals surface area contributed by atoms with Crippen molar-refractivity contribution in [1.29, 1.82) is 0 Å². The van der Waals surface area contributed by atoms with E-state index in [0.29, 0.717) is 6.61 Å². The SMILES string of the molecule is CCCCCCCCCCCCC(O)OCCCCC. The number of hydrogen-bond donors (Lipinski definition) is 1. The van der Waals surface area contributed by atoms with Crippen molar-refractivity contribution in [2.45, 2.75) is 110 Å². The first-order chi connectivity index (χ1) is 9.81. The van der Waals surface area contributed by atoms with Crippen LogP contribution in [0.25, 0.3) is 0 Å². The van der Waals surface area contributed by atoms with Gasteiger partial charge in [0.2, 0.25) is 0 Å². The zero-order valence-corrected chi connectivity index (χ0v) is 14.0. The maximum atomic E-state index is 9.65. The molecular formula is C18H38O2. The number of aliphatic hydroxyl groups excluding tert-OH is 1. The molecule has 0 rings (SSSR count). The molecule has 0 amide bonds. The fourth-order valence-electron chi connectivity index (χ4n) is 2.46. The van der Waals surface area contributed by atoms with Crippen molar-refractivity contribution in [3.8, 4) is 0 Å². The lowest BCUT2D eigenvalue weighted by atomic mass is 10.1. The van der Waals surface area contributed by atoms with Crippen LogP contribution in [-0.2, 0) is 4.74 Å². The topological polar surface area (TPSA) is 29.5 Å². The van der Waals surface area contributed by atoms with E-state index in [2.05, 4.69) is 13.8 Å². The number of hydrogen-bond acceptors (Lipinski definition) is 2. The van der Waals surface area contributed by atoms with E-state index < -0.39 is 6.29 Å². The molecule has 0 spiro atoms. The van der Waals surface area contributed by atoms with Gasteiger partial charge in [-0.15, -0.1) is 0 Å². The van der Waals surface area contributed by atoms with E-state index in [1.807, 2.05) is 0 Å². The van der Waals surface area contributed by atoms with E-state index in [4.69, 9.17) is 4.74 Å². The monoisotopic (exact) mass is 286 g/mol. The highest BCUT2D eigenvalue weighted by Crippen LogP contribution is 2.12. The van der Waals surface area contributed by atoms with Crippen LogP contribution in [0, 0.1) is 0 Å². The molecule has 0 aromatic carbocycles. The summed E-state index contributed by atoms with van der Waals surface area (Å²) in [6, 6.07) is 0. The standard InChI is InChI=1S/C18H38O2/c1-3-5-7-8-9-10-11-12-13-14-16-18(19)20-17-15-6-4-2/h18-19H,3-17H2,1-2H3. The van der Waals surface area contributed by atoms with Crippen LogP contribution >= 0.6 is 0 Å². The van der Waals surface area contributed by atoms with Crippen LogP contribution < -0.4 is 0 Å². The number of aliphatic hydroxyl groups is 1. The third-order valence-electron chi connectivity index (χ3n) is 3.86. The molecule has 122 valence electrons. The zero-order valence-electron chi connectivity index (χ0n) is 14.0. The van der Waals surface area contributed by atoms with Gasteiger partial charge in [0.1, 0.15) is 0 Å². The molecule has 0 aliphatic carbocycles. The van der Waals surface area contributed by atoms with Crippen LogP contribution in [0.4, 0.5) is 0 Å². The Hall–Kier alpha value is -0.0800. The molecule has 2 heteroatoms. The summed E-state index contributed by atoms with van der Waals surface area (Å²) < 4.78 is 5.38. The smallest absolute Gasteiger partial charge is 0.154 e. The number of unbranched alkanes of at least 4 members (excludes halogenated alkanes) is 11. The Balaban J connectivity index is 3.07. The van der Waals surface area contributed by atoms with Gasteiger partial charge in [-0.2, -0.15) is 0 Å². The lowest BCUT2D eigenvalue weighted by Crippen LogP contribution is -2.12. The maximum Gasteiger partial charge on any atom is 0.154 e.